The molecule has 3 aromatic heterocycles. The largest absolute Gasteiger partial charge is 0.457 e. The van der Waals surface area contributed by atoms with Gasteiger partial charge in [-0.25, -0.2) is 4.98 Å². The summed E-state index contributed by atoms with van der Waals surface area (Å²) in [5.41, 5.74) is 12.4. The van der Waals surface area contributed by atoms with Gasteiger partial charge in [-0.2, -0.15) is 0 Å². The van der Waals surface area contributed by atoms with Crippen LogP contribution < -0.4 is 14.5 Å². The Hall–Kier alpha value is -8.09. The van der Waals surface area contributed by atoms with Gasteiger partial charge in [0.1, 0.15) is 24.0 Å². The Labute approximate surface area is 347 Å². The molecule has 0 radical (unpaired) electrons. The maximum Gasteiger partial charge on any atom is 0.139 e. The van der Waals surface area contributed by atoms with Crippen LogP contribution in [0.25, 0.3) is 66.2 Å². The number of ether oxygens (including phenoxy) is 1. The average molecular weight is 772 g/mol. The second kappa shape index (κ2) is 13.8. The Morgan fingerprint density at radius 1 is 0.367 bits per heavy atom. The van der Waals surface area contributed by atoms with Gasteiger partial charge in [0.05, 0.1) is 33.4 Å². The Morgan fingerprint density at radius 2 is 0.967 bits per heavy atom. The number of rotatable bonds is 7. The molecule has 1 aliphatic heterocycles. The maximum atomic E-state index is 6.78. The van der Waals surface area contributed by atoms with Crippen LogP contribution in [0, 0.1) is 0 Å². The Balaban J connectivity index is 0.948. The molecule has 1 aliphatic rings. The van der Waals surface area contributed by atoms with E-state index in [1.54, 1.807) is 0 Å². The fraction of sp³-hybridized carbons (Fsp3) is 0.0185. The second-order valence-corrected chi connectivity index (χ2v) is 15.3. The highest BCUT2D eigenvalue weighted by Crippen LogP contribution is 2.47. The first-order chi connectivity index (χ1) is 29.7. The molecule has 284 valence electrons. The van der Waals surface area contributed by atoms with Gasteiger partial charge in [0.15, 0.2) is 0 Å². The van der Waals surface area contributed by atoms with E-state index in [0.717, 1.165) is 78.3 Å². The second-order valence-electron chi connectivity index (χ2n) is 15.3. The van der Waals surface area contributed by atoms with Crippen molar-refractivity contribution >= 4 is 66.4 Å². The summed E-state index contributed by atoms with van der Waals surface area (Å²) in [6.07, 6.45) is 2.02. The summed E-state index contributed by atoms with van der Waals surface area (Å²) in [6, 6.07) is 72.7. The average Bonchev–Trinajstić information content (AvgIpc) is 3.97. The van der Waals surface area contributed by atoms with Crippen molar-refractivity contribution in [3.63, 3.8) is 0 Å². The number of hydrogen-bond donors (Lipinski definition) is 0. The zero-order valence-electron chi connectivity index (χ0n) is 32.6. The van der Waals surface area contributed by atoms with Crippen molar-refractivity contribution in [2.24, 2.45) is 0 Å². The van der Waals surface area contributed by atoms with Crippen molar-refractivity contribution in [2.75, 3.05) is 16.5 Å². The molecule has 0 bridgehead atoms. The highest BCUT2D eigenvalue weighted by molar-refractivity contribution is 6.11. The van der Waals surface area contributed by atoms with E-state index < -0.39 is 0 Å². The van der Waals surface area contributed by atoms with Crippen molar-refractivity contribution in [2.45, 2.75) is 0 Å². The van der Waals surface area contributed by atoms with Gasteiger partial charge in [-0.05, 0) is 83.9 Å². The molecule has 4 heterocycles. The third-order valence-corrected chi connectivity index (χ3v) is 11.8. The molecule has 0 fully saturated rings. The molecule has 0 N–H and O–H groups in total. The molecule has 12 rings (SSSR count). The van der Waals surface area contributed by atoms with Gasteiger partial charge in [-0.3, -0.25) is 4.57 Å². The number of nitrogens with zero attached hydrogens (tertiary/aromatic N) is 5. The van der Waals surface area contributed by atoms with Crippen LogP contribution in [0.15, 0.2) is 212 Å². The van der Waals surface area contributed by atoms with Crippen molar-refractivity contribution in [1.82, 2.24) is 14.1 Å². The molecule has 0 spiro atoms. The van der Waals surface area contributed by atoms with Gasteiger partial charge in [0, 0.05) is 63.0 Å². The minimum Gasteiger partial charge on any atom is -0.457 e. The van der Waals surface area contributed by atoms with Crippen LogP contribution in [-0.2, 0) is 0 Å². The first-order valence-corrected chi connectivity index (χ1v) is 20.3. The van der Waals surface area contributed by atoms with Gasteiger partial charge in [-0.15, -0.1) is 0 Å². The summed E-state index contributed by atoms with van der Waals surface area (Å²) in [5, 5.41) is 4.60. The molecule has 6 nitrogen and oxygen atoms in total. The predicted molar refractivity (Wildman–Crippen MR) is 247 cm³/mol. The lowest BCUT2D eigenvalue weighted by Gasteiger charge is -2.22. The van der Waals surface area contributed by atoms with Crippen LogP contribution in [0.5, 0.6) is 11.5 Å². The van der Waals surface area contributed by atoms with Gasteiger partial charge in [0.2, 0.25) is 0 Å². The fourth-order valence-corrected chi connectivity index (χ4v) is 9.06. The first kappa shape index (κ1) is 34.0. The van der Waals surface area contributed by atoms with Crippen LogP contribution in [0.3, 0.4) is 0 Å². The van der Waals surface area contributed by atoms with E-state index in [1.165, 1.54) is 22.2 Å². The van der Waals surface area contributed by atoms with E-state index in [4.69, 9.17) is 9.72 Å². The van der Waals surface area contributed by atoms with Gasteiger partial charge >= 0.3 is 0 Å². The molecule has 8 aromatic carbocycles. The zero-order chi connectivity index (χ0) is 39.6. The number of pyridine rings is 1. The van der Waals surface area contributed by atoms with E-state index in [0.29, 0.717) is 6.67 Å². The summed E-state index contributed by atoms with van der Waals surface area (Å²) >= 11 is 0. The zero-order valence-corrected chi connectivity index (χ0v) is 32.6. The maximum absolute atomic E-state index is 6.78. The molecule has 0 saturated carbocycles. The number of hydrogen-bond acceptors (Lipinski definition) is 4. The lowest BCUT2D eigenvalue weighted by atomic mass is 10.0. The quantitative estimate of drug-likeness (QED) is 0.162. The molecule has 11 aromatic rings. The third kappa shape index (κ3) is 5.53. The summed E-state index contributed by atoms with van der Waals surface area (Å²) in [6.45, 7) is 0.674. The summed E-state index contributed by atoms with van der Waals surface area (Å²) in [7, 11) is 0. The summed E-state index contributed by atoms with van der Waals surface area (Å²) in [4.78, 5) is 9.89. The van der Waals surface area contributed by atoms with Crippen LogP contribution >= 0.6 is 0 Å². The SMILES string of the molecule is c1ccc(-c2ccc3c(c2)N(c2cccc(Oc4ccc5c6ccccc6n(-c6cc7c(cn6)c6ccccc6n7-c6ccccc6)c5c4)c2)CN3c2ccccc2)cc1. The van der Waals surface area contributed by atoms with Gasteiger partial charge in [0.25, 0.3) is 0 Å². The topological polar surface area (TPSA) is 38.5 Å². The van der Waals surface area contributed by atoms with E-state index in [-0.39, 0.29) is 0 Å². The van der Waals surface area contributed by atoms with E-state index in [2.05, 4.69) is 219 Å². The molecule has 0 saturated heterocycles. The third-order valence-electron chi connectivity index (χ3n) is 11.8. The highest BCUT2D eigenvalue weighted by Gasteiger charge is 2.29. The molecule has 0 aliphatic carbocycles. The number of para-hydroxylation sites is 4. The minimum absolute atomic E-state index is 0.674. The van der Waals surface area contributed by atoms with Crippen molar-refractivity contribution in [1.29, 1.82) is 0 Å². The highest BCUT2D eigenvalue weighted by atomic mass is 16.5. The van der Waals surface area contributed by atoms with Crippen molar-refractivity contribution in [3.05, 3.63) is 212 Å². The molecular weight excluding hydrogens is 735 g/mol. The monoisotopic (exact) mass is 771 g/mol. The van der Waals surface area contributed by atoms with Gasteiger partial charge < -0.3 is 19.1 Å². The smallest absolute Gasteiger partial charge is 0.139 e. The summed E-state index contributed by atoms with van der Waals surface area (Å²) < 4.78 is 11.4. The molecule has 60 heavy (non-hydrogen) atoms. The van der Waals surface area contributed by atoms with Crippen LogP contribution in [0.4, 0.5) is 22.7 Å². The van der Waals surface area contributed by atoms with Crippen LogP contribution in [0.1, 0.15) is 0 Å². The number of benzene rings is 8. The lowest BCUT2D eigenvalue weighted by molar-refractivity contribution is 0.483. The van der Waals surface area contributed by atoms with E-state index >= 15 is 0 Å². The lowest BCUT2D eigenvalue weighted by Crippen LogP contribution is -2.23. The molecule has 0 amide bonds. The van der Waals surface area contributed by atoms with Gasteiger partial charge in [-0.1, -0.05) is 115 Å². The van der Waals surface area contributed by atoms with Crippen LogP contribution in [-0.4, -0.2) is 20.8 Å². The fourth-order valence-electron chi connectivity index (χ4n) is 9.06. The van der Waals surface area contributed by atoms with Crippen LogP contribution in [0.2, 0.25) is 0 Å². The number of fused-ring (bicyclic) bond motifs is 7. The summed E-state index contributed by atoms with van der Waals surface area (Å²) in [5.74, 6) is 2.36. The first-order valence-electron chi connectivity index (χ1n) is 20.3. The van der Waals surface area contributed by atoms with Crippen molar-refractivity contribution in [3.8, 4) is 34.1 Å². The number of anilines is 4. The minimum atomic E-state index is 0.674. The van der Waals surface area contributed by atoms with E-state index in [1.807, 2.05) is 12.3 Å². The molecular formula is C54H37N5O. The Bertz CT molecular complexity index is 3390. The Kier molecular flexibility index (Phi) is 7.81. The molecule has 0 unspecified atom stereocenters. The standard InChI is InChI=1S/C54H37N5O/c1-4-15-37(16-5-1)38-27-30-50-53(31-38)57(36-56(50)39-17-6-2-7-18-39)41-21-14-22-42(32-41)60-43-28-29-46-44-23-10-13-26-49(44)59(51(46)33-43)54-34-52-47(35-55-54)45-24-11-12-25-48(45)58(52)40-19-8-3-9-20-40/h1-35H,36H2. The normalized spacial score (nSPS) is 12.5. The molecule has 0 atom stereocenters. The van der Waals surface area contributed by atoms with E-state index in [9.17, 15) is 0 Å². The predicted octanol–water partition coefficient (Wildman–Crippen LogP) is 14.0. The molecule has 6 heteroatoms. The Morgan fingerprint density at radius 3 is 1.75 bits per heavy atom. The van der Waals surface area contributed by atoms with Crippen molar-refractivity contribution < 1.29 is 4.74 Å². The number of aromatic nitrogens is 3.